The summed E-state index contributed by atoms with van der Waals surface area (Å²) in [6.07, 6.45) is -3.48. The summed E-state index contributed by atoms with van der Waals surface area (Å²) in [6, 6.07) is 12.2. The normalized spacial score (nSPS) is 12.5. The molecule has 0 fully saturated rings. The van der Waals surface area contributed by atoms with Crippen molar-refractivity contribution in [3.63, 3.8) is 0 Å². The van der Waals surface area contributed by atoms with Crippen LogP contribution >= 0.6 is 23.2 Å². The Balaban J connectivity index is 1.87. The molecule has 2 aromatic carbocycles. The molecule has 0 aliphatic carbocycles. The van der Waals surface area contributed by atoms with Gasteiger partial charge in [0.05, 0.1) is 15.6 Å². The Bertz CT molecular complexity index is 1040. The van der Waals surface area contributed by atoms with Gasteiger partial charge in [0.2, 0.25) is 0 Å². The SMILES string of the molecule is O=C(NCC(c1ccc(F)cc1)c1ccc(C(F)(F)F)nc1)c1cccc(Cl)c1Cl. The molecule has 0 saturated carbocycles. The Morgan fingerprint density at radius 1 is 1.00 bits per heavy atom. The average molecular weight is 457 g/mol. The number of pyridine rings is 1. The Kier molecular flexibility index (Phi) is 6.63. The molecule has 3 aromatic rings. The van der Waals surface area contributed by atoms with Crippen LogP contribution in [0, 0.1) is 5.82 Å². The fourth-order valence-electron chi connectivity index (χ4n) is 2.87. The number of benzene rings is 2. The number of halogens is 6. The van der Waals surface area contributed by atoms with Crippen LogP contribution in [0.25, 0.3) is 0 Å². The highest BCUT2D eigenvalue weighted by molar-refractivity contribution is 6.43. The lowest BCUT2D eigenvalue weighted by atomic mass is 9.92. The minimum atomic E-state index is -4.57. The predicted molar refractivity (Wildman–Crippen MR) is 106 cm³/mol. The lowest BCUT2D eigenvalue weighted by Crippen LogP contribution is -2.29. The topological polar surface area (TPSA) is 42.0 Å². The van der Waals surface area contributed by atoms with Gasteiger partial charge >= 0.3 is 6.18 Å². The Hall–Kier alpha value is -2.64. The molecule has 1 heterocycles. The molecule has 1 amide bonds. The molecule has 0 bridgehead atoms. The smallest absolute Gasteiger partial charge is 0.351 e. The third kappa shape index (κ3) is 5.09. The molecule has 9 heteroatoms. The molecule has 3 rings (SSSR count). The molecule has 3 nitrogen and oxygen atoms in total. The van der Waals surface area contributed by atoms with Crippen molar-refractivity contribution in [2.45, 2.75) is 12.1 Å². The molecular formula is C21H14Cl2F4N2O. The van der Waals surface area contributed by atoms with Crippen LogP contribution in [-0.4, -0.2) is 17.4 Å². The zero-order chi connectivity index (χ0) is 21.9. The fourth-order valence-corrected chi connectivity index (χ4v) is 3.26. The second-order valence-corrected chi connectivity index (χ2v) is 7.18. The number of nitrogens with one attached hydrogen (secondary N) is 1. The van der Waals surface area contributed by atoms with E-state index >= 15 is 0 Å². The summed E-state index contributed by atoms with van der Waals surface area (Å²) in [5, 5.41) is 3.00. The van der Waals surface area contributed by atoms with Crippen molar-refractivity contribution in [3.8, 4) is 0 Å². The summed E-state index contributed by atoms with van der Waals surface area (Å²) in [5.41, 5.74) is 0.147. The summed E-state index contributed by atoms with van der Waals surface area (Å²) in [4.78, 5) is 16.0. The van der Waals surface area contributed by atoms with E-state index in [1.54, 1.807) is 6.07 Å². The van der Waals surface area contributed by atoms with Crippen molar-refractivity contribution in [1.29, 1.82) is 0 Å². The van der Waals surface area contributed by atoms with E-state index in [0.717, 1.165) is 12.3 Å². The minimum absolute atomic E-state index is 0.0142. The van der Waals surface area contributed by atoms with Gasteiger partial charge in [-0.05, 0) is 41.5 Å². The van der Waals surface area contributed by atoms with Gasteiger partial charge in [0, 0.05) is 18.7 Å². The van der Waals surface area contributed by atoms with Gasteiger partial charge in [0.25, 0.3) is 5.91 Å². The molecule has 0 aliphatic rings. The van der Waals surface area contributed by atoms with Crippen molar-refractivity contribution in [3.05, 3.63) is 99.0 Å². The quantitative estimate of drug-likeness (QED) is 0.470. The van der Waals surface area contributed by atoms with Gasteiger partial charge < -0.3 is 5.32 Å². The molecule has 1 atom stereocenters. The van der Waals surface area contributed by atoms with E-state index in [4.69, 9.17) is 23.2 Å². The summed E-state index contributed by atoms with van der Waals surface area (Å²) in [7, 11) is 0. The van der Waals surface area contributed by atoms with E-state index in [0.29, 0.717) is 11.1 Å². The first kappa shape index (κ1) is 22.1. The third-order valence-electron chi connectivity index (χ3n) is 4.41. The Morgan fingerprint density at radius 3 is 2.27 bits per heavy atom. The first-order valence-corrected chi connectivity index (χ1v) is 9.43. The highest BCUT2D eigenvalue weighted by Crippen LogP contribution is 2.30. The lowest BCUT2D eigenvalue weighted by molar-refractivity contribution is -0.141. The molecular weight excluding hydrogens is 443 g/mol. The minimum Gasteiger partial charge on any atom is -0.351 e. The molecule has 1 N–H and O–H groups in total. The van der Waals surface area contributed by atoms with E-state index in [9.17, 15) is 22.4 Å². The molecule has 156 valence electrons. The molecule has 0 radical (unpaired) electrons. The van der Waals surface area contributed by atoms with Gasteiger partial charge in [-0.1, -0.05) is 47.5 Å². The monoisotopic (exact) mass is 456 g/mol. The van der Waals surface area contributed by atoms with Gasteiger partial charge in [-0.2, -0.15) is 13.2 Å². The van der Waals surface area contributed by atoms with Crippen LogP contribution < -0.4 is 5.32 Å². The van der Waals surface area contributed by atoms with Gasteiger partial charge in [-0.25, -0.2) is 4.39 Å². The van der Waals surface area contributed by atoms with Crippen molar-refractivity contribution in [2.24, 2.45) is 0 Å². The molecule has 0 aliphatic heterocycles. The molecule has 1 aromatic heterocycles. The zero-order valence-corrected chi connectivity index (χ0v) is 16.7. The maximum Gasteiger partial charge on any atom is 0.433 e. The van der Waals surface area contributed by atoms with Crippen LogP contribution in [0.3, 0.4) is 0 Å². The number of rotatable bonds is 5. The predicted octanol–water partition coefficient (Wildman–Crippen LogP) is 6.11. The number of amides is 1. The zero-order valence-electron chi connectivity index (χ0n) is 15.2. The van der Waals surface area contributed by atoms with E-state index in [2.05, 4.69) is 10.3 Å². The van der Waals surface area contributed by atoms with Crippen molar-refractivity contribution < 1.29 is 22.4 Å². The molecule has 1 unspecified atom stereocenters. The average Bonchev–Trinajstić information content (AvgIpc) is 2.71. The first-order valence-electron chi connectivity index (χ1n) is 8.67. The van der Waals surface area contributed by atoms with Crippen LogP contribution in [0.15, 0.2) is 60.8 Å². The second kappa shape index (κ2) is 9.02. The molecule has 0 saturated heterocycles. The van der Waals surface area contributed by atoms with Crippen molar-refractivity contribution in [2.75, 3.05) is 6.54 Å². The van der Waals surface area contributed by atoms with Gasteiger partial charge in [-0.3, -0.25) is 9.78 Å². The summed E-state index contributed by atoms with van der Waals surface area (Å²) < 4.78 is 51.8. The largest absolute Gasteiger partial charge is 0.433 e. The first-order chi connectivity index (χ1) is 14.2. The number of hydrogen-bond acceptors (Lipinski definition) is 2. The van der Waals surface area contributed by atoms with Crippen LogP contribution in [0.5, 0.6) is 0 Å². The van der Waals surface area contributed by atoms with Gasteiger partial charge in [0.15, 0.2) is 0 Å². The third-order valence-corrected chi connectivity index (χ3v) is 5.23. The molecule has 0 spiro atoms. The number of carbonyl (C=O) groups excluding carboxylic acids is 1. The van der Waals surface area contributed by atoms with Gasteiger partial charge in [-0.15, -0.1) is 0 Å². The fraction of sp³-hybridized carbons (Fsp3) is 0.143. The van der Waals surface area contributed by atoms with E-state index < -0.39 is 29.5 Å². The van der Waals surface area contributed by atoms with Gasteiger partial charge in [0.1, 0.15) is 11.5 Å². The van der Waals surface area contributed by atoms with E-state index in [1.165, 1.54) is 42.5 Å². The van der Waals surface area contributed by atoms with Crippen molar-refractivity contribution >= 4 is 29.1 Å². The Labute approximate surface area is 179 Å². The highest BCUT2D eigenvalue weighted by Gasteiger charge is 2.32. The summed E-state index contributed by atoms with van der Waals surface area (Å²) in [6.45, 7) is 0.0142. The van der Waals surface area contributed by atoms with Crippen LogP contribution in [0.1, 0.15) is 33.1 Å². The lowest BCUT2D eigenvalue weighted by Gasteiger charge is -2.19. The number of nitrogens with zero attached hydrogens (tertiary/aromatic N) is 1. The second-order valence-electron chi connectivity index (χ2n) is 6.39. The summed E-state index contributed by atoms with van der Waals surface area (Å²) in [5.74, 6) is -1.53. The van der Waals surface area contributed by atoms with E-state index in [1.807, 2.05) is 0 Å². The standard InChI is InChI=1S/C21H14Cl2F4N2O/c22-17-3-1-2-15(19(17)23)20(30)29-11-16(12-4-7-14(24)8-5-12)13-6-9-18(28-10-13)21(25,26)27/h1-10,16H,11H2,(H,29,30). The van der Waals surface area contributed by atoms with Crippen molar-refractivity contribution in [1.82, 2.24) is 10.3 Å². The van der Waals surface area contributed by atoms with Crippen LogP contribution in [0.2, 0.25) is 10.0 Å². The van der Waals surface area contributed by atoms with Crippen LogP contribution in [-0.2, 0) is 6.18 Å². The number of carbonyl (C=O) groups is 1. The maximum absolute atomic E-state index is 13.3. The number of hydrogen-bond donors (Lipinski definition) is 1. The maximum atomic E-state index is 13.3. The van der Waals surface area contributed by atoms with E-state index in [-0.39, 0.29) is 22.2 Å². The summed E-state index contributed by atoms with van der Waals surface area (Å²) >= 11 is 12.0. The number of alkyl halides is 3. The molecule has 30 heavy (non-hydrogen) atoms. The highest BCUT2D eigenvalue weighted by atomic mass is 35.5. The van der Waals surface area contributed by atoms with Crippen LogP contribution in [0.4, 0.5) is 17.6 Å². The Morgan fingerprint density at radius 2 is 1.67 bits per heavy atom. The number of aromatic nitrogens is 1.